The Kier molecular flexibility index (Phi) is 6.45. The van der Waals surface area contributed by atoms with E-state index in [-0.39, 0.29) is 11.5 Å². The molecule has 0 unspecified atom stereocenters. The van der Waals surface area contributed by atoms with Gasteiger partial charge >= 0.3 is 5.97 Å². The Morgan fingerprint density at radius 2 is 2.03 bits per heavy atom. The van der Waals surface area contributed by atoms with Gasteiger partial charge in [-0.15, -0.1) is 11.8 Å². The van der Waals surface area contributed by atoms with Crippen molar-refractivity contribution < 1.29 is 14.3 Å². The summed E-state index contributed by atoms with van der Waals surface area (Å²) in [6, 6.07) is 9.99. The first kappa shape index (κ1) is 22.6. The molecule has 0 amide bonds. The Balaban J connectivity index is 1.79. The third-order valence-corrected chi connectivity index (χ3v) is 7.65. The minimum Gasteiger partial charge on any atom is -0.476 e. The van der Waals surface area contributed by atoms with Gasteiger partial charge in [-0.1, -0.05) is 37.3 Å². The number of aryl methyl sites for hydroxylation is 1. The molecule has 0 radical (unpaired) electrons. The van der Waals surface area contributed by atoms with E-state index in [9.17, 15) is 14.3 Å². The molecule has 0 spiro atoms. The standard InChI is InChI=1S/C22H18BrFN4O2S2/c1-11(2)31-21-18(14-7-8-16(25-10-14)13-5-4-6-15(24)9-13)26-22(32-21)28-19(20(29)30)17(23)12(3)27-28/h4-11H,1-3H3,(H,29,30). The van der Waals surface area contributed by atoms with E-state index in [0.29, 0.717) is 37.5 Å². The van der Waals surface area contributed by atoms with E-state index in [0.717, 1.165) is 9.77 Å². The molecule has 3 heterocycles. The molecule has 32 heavy (non-hydrogen) atoms. The fourth-order valence-corrected chi connectivity index (χ4v) is 5.94. The fourth-order valence-electron chi connectivity index (χ4n) is 3.05. The molecule has 1 N–H and O–H groups in total. The molecule has 0 saturated heterocycles. The molecule has 3 aromatic heterocycles. The van der Waals surface area contributed by atoms with Crippen LogP contribution in [0, 0.1) is 12.7 Å². The van der Waals surface area contributed by atoms with E-state index in [4.69, 9.17) is 4.98 Å². The molecule has 6 nitrogen and oxygen atoms in total. The van der Waals surface area contributed by atoms with E-state index in [1.807, 2.05) is 12.1 Å². The summed E-state index contributed by atoms with van der Waals surface area (Å²) in [5, 5.41) is 14.8. The van der Waals surface area contributed by atoms with Gasteiger partial charge in [0.25, 0.3) is 0 Å². The fraction of sp³-hybridized carbons (Fsp3) is 0.182. The number of hydrogen-bond acceptors (Lipinski definition) is 6. The van der Waals surface area contributed by atoms with Crippen molar-refractivity contribution in [3.63, 3.8) is 0 Å². The number of thioether (sulfide) groups is 1. The average Bonchev–Trinajstić information content (AvgIpc) is 3.28. The average molecular weight is 533 g/mol. The summed E-state index contributed by atoms with van der Waals surface area (Å²) >= 11 is 6.34. The van der Waals surface area contributed by atoms with Gasteiger partial charge in [-0.05, 0) is 47.1 Å². The van der Waals surface area contributed by atoms with Crippen molar-refractivity contribution in [2.45, 2.75) is 30.2 Å². The quantitative estimate of drug-likeness (QED) is 0.286. The van der Waals surface area contributed by atoms with E-state index in [2.05, 4.69) is 39.9 Å². The zero-order valence-corrected chi connectivity index (χ0v) is 20.6. The van der Waals surface area contributed by atoms with Gasteiger partial charge in [0.2, 0.25) is 5.13 Å². The maximum Gasteiger partial charge on any atom is 0.355 e. The Morgan fingerprint density at radius 1 is 1.25 bits per heavy atom. The first-order chi connectivity index (χ1) is 15.2. The minimum atomic E-state index is -1.09. The highest BCUT2D eigenvalue weighted by atomic mass is 79.9. The number of thiazole rings is 1. The van der Waals surface area contributed by atoms with Gasteiger partial charge in [0.15, 0.2) is 5.69 Å². The molecule has 0 aliphatic heterocycles. The lowest BCUT2D eigenvalue weighted by molar-refractivity contribution is 0.0686. The molecule has 0 aliphatic rings. The first-order valence-electron chi connectivity index (χ1n) is 9.63. The van der Waals surface area contributed by atoms with Crippen LogP contribution in [0.2, 0.25) is 0 Å². The van der Waals surface area contributed by atoms with Crippen LogP contribution in [0.25, 0.3) is 27.6 Å². The van der Waals surface area contributed by atoms with Crippen molar-refractivity contribution in [2.24, 2.45) is 0 Å². The van der Waals surface area contributed by atoms with Crippen LogP contribution in [0.5, 0.6) is 0 Å². The van der Waals surface area contributed by atoms with Crippen molar-refractivity contribution in [3.8, 4) is 27.6 Å². The zero-order chi connectivity index (χ0) is 23.0. The highest BCUT2D eigenvalue weighted by Gasteiger charge is 2.24. The predicted octanol–water partition coefficient (Wildman–Crippen LogP) is 6.47. The normalized spacial score (nSPS) is 11.3. The third-order valence-electron chi connectivity index (χ3n) is 4.46. The summed E-state index contributed by atoms with van der Waals surface area (Å²) in [5.74, 6) is -1.41. The van der Waals surface area contributed by atoms with Crippen LogP contribution in [0.15, 0.2) is 51.3 Å². The lowest BCUT2D eigenvalue weighted by Gasteiger charge is -2.06. The second kappa shape index (κ2) is 9.13. The summed E-state index contributed by atoms with van der Waals surface area (Å²) in [6.07, 6.45) is 1.70. The van der Waals surface area contributed by atoms with Crippen LogP contribution in [0.1, 0.15) is 30.0 Å². The van der Waals surface area contributed by atoms with Crippen molar-refractivity contribution in [1.82, 2.24) is 19.7 Å². The SMILES string of the molecule is Cc1nn(-c2nc(-c3ccc(-c4cccc(F)c4)nc3)c(SC(C)C)s2)c(C(=O)O)c1Br. The first-order valence-corrected chi connectivity index (χ1v) is 12.1. The molecule has 4 aromatic rings. The monoisotopic (exact) mass is 532 g/mol. The van der Waals surface area contributed by atoms with E-state index in [1.54, 1.807) is 37.0 Å². The van der Waals surface area contributed by atoms with Gasteiger partial charge in [0.05, 0.1) is 25.8 Å². The van der Waals surface area contributed by atoms with Gasteiger partial charge in [0, 0.05) is 22.6 Å². The van der Waals surface area contributed by atoms with Crippen molar-refractivity contribution in [3.05, 3.63) is 64.3 Å². The van der Waals surface area contributed by atoms with E-state index in [1.165, 1.54) is 28.2 Å². The number of hydrogen-bond donors (Lipinski definition) is 1. The van der Waals surface area contributed by atoms with E-state index < -0.39 is 5.97 Å². The van der Waals surface area contributed by atoms with Gasteiger partial charge in [-0.3, -0.25) is 4.98 Å². The number of carbonyl (C=O) groups is 1. The van der Waals surface area contributed by atoms with Crippen LogP contribution in [0.3, 0.4) is 0 Å². The molecular formula is C22H18BrFN4O2S2. The number of rotatable bonds is 6. The van der Waals surface area contributed by atoms with Crippen LogP contribution in [0.4, 0.5) is 4.39 Å². The van der Waals surface area contributed by atoms with Gasteiger partial charge in [-0.2, -0.15) is 9.78 Å². The van der Waals surface area contributed by atoms with Crippen molar-refractivity contribution in [2.75, 3.05) is 0 Å². The van der Waals surface area contributed by atoms with Crippen LogP contribution in [-0.2, 0) is 0 Å². The number of aromatic carboxylic acids is 1. The molecular weight excluding hydrogens is 515 g/mol. The number of carboxylic acid groups (broad SMARTS) is 1. The Hall–Kier alpha value is -2.56. The number of benzene rings is 1. The summed E-state index contributed by atoms with van der Waals surface area (Å²) in [6.45, 7) is 5.90. The number of carboxylic acids is 1. The predicted molar refractivity (Wildman–Crippen MR) is 128 cm³/mol. The molecule has 4 rings (SSSR count). The van der Waals surface area contributed by atoms with Gasteiger partial charge < -0.3 is 5.11 Å². The zero-order valence-electron chi connectivity index (χ0n) is 17.3. The third kappa shape index (κ3) is 4.48. The Labute approximate surface area is 200 Å². The maximum absolute atomic E-state index is 13.6. The molecule has 1 aromatic carbocycles. The molecule has 0 bridgehead atoms. The largest absolute Gasteiger partial charge is 0.476 e. The number of halogens is 2. The lowest BCUT2D eigenvalue weighted by Crippen LogP contribution is -2.08. The Bertz CT molecular complexity index is 1300. The molecule has 164 valence electrons. The van der Waals surface area contributed by atoms with Crippen molar-refractivity contribution in [1.29, 1.82) is 0 Å². The van der Waals surface area contributed by atoms with Gasteiger partial charge in [-0.25, -0.2) is 14.2 Å². The molecule has 10 heteroatoms. The summed E-state index contributed by atoms with van der Waals surface area (Å²) in [5.41, 5.74) is 3.44. The lowest BCUT2D eigenvalue weighted by atomic mass is 10.1. The molecule has 0 atom stereocenters. The highest BCUT2D eigenvalue weighted by molar-refractivity contribution is 9.10. The number of pyridine rings is 1. The maximum atomic E-state index is 13.6. The Morgan fingerprint density at radius 3 is 2.66 bits per heavy atom. The highest BCUT2D eigenvalue weighted by Crippen LogP contribution is 2.40. The van der Waals surface area contributed by atoms with Crippen LogP contribution < -0.4 is 0 Å². The van der Waals surface area contributed by atoms with Gasteiger partial charge in [0.1, 0.15) is 5.82 Å². The smallest absolute Gasteiger partial charge is 0.355 e. The second-order valence-electron chi connectivity index (χ2n) is 7.21. The number of nitrogens with zero attached hydrogens (tertiary/aromatic N) is 4. The second-order valence-corrected chi connectivity index (χ2v) is 10.8. The molecule has 0 aliphatic carbocycles. The summed E-state index contributed by atoms with van der Waals surface area (Å²) in [4.78, 5) is 21.0. The summed E-state index contributed by atoms with van der Waals surface area (Å²) in [7, 11) is 0. The topological polar surface area (TPSA) is 80.9 Å². The minimum absolute atomic E-state index is 0.0310. The van der Waals surface area contributed by atoms with Crippen LogP contribution >= 0.6 is 39.0 Å². The number of aromatic nitrogens is 4. The van der Waals surface area contributed by atoms with Crippen LogP contribution in [-0.4, -0.2) is 36.1 Å². The summed E-state index contributed by atoms with van der Waals surface area (Å²) < 4.78 is 16.3. The molecule has 0 fully saturated rings. The molecule has 0 saturated carbocycles. The van der Waals surface area contributed by atoms with E-state index >= 15 is 0 Å². The van der Waals surface area contributed by atoms with Crippen molar-refractivity contribution >= 4 is 45.0 Å².